The quantitative estimate of drug-likeness (QED) is 0.146. The third-order valence-electron chi connectivity index (χ3n) is 14.3. The van der Waals surface area contributed by atoms with E-state index >= 15 is 0 Å². The molecular formula is C68H30N12. The van der Waals surface area contributed by atoms with Crippen LogP contribution in [0.15, 0.2) is 182 Å². The van der Waals surface area contributed by atoms with Gasteiger partial charge in [0.05, 0.1) is 127 Å². The number of benzene rings is 9. The molecular weight excluding hydrogens is 985 g/mol. The van der Waals surface area contributed by atoms with Crippen LogP contribution in [0.5, 0.6) is 0 Å². The Hall–Kier alpha value is -12.9. The molecule has 0 aliphatic heterocycles. The number of nitriles is 9. The molecule has 12 heteroatoms. The molecule has 0 spiro atoms. The summed E-state index contributed by atoms with van der Waals surface area (Å²) in [4.78, 5) is 4.33. The molecule has 0 saturated carbocycles. The number of hydrogen-bond donors (Lipinski definition) is 0. The predicted molar refractivity (Wildman–Crippen MR) is 303 cm³/mol. The summed E-state index contributed by atoms with van der Waals surface area (Å²) in [7, 11) is 0. The van der Waals surface area contributed by atoms with Crippen molar-refractivity contribution in [1.29, 1.82) is 47.4 Å². The minimum absolute atomic E-state index is 0.309. The summed E-state index contributed by atoms with van der Waals surface area (Å²) in [6.45, 7) is 0. The SMILES string of the molecule is N#Cc1cc(C#N)cc(-c2ccc3c(c2)c2cc(-c4cc(C#N)cc(C#N)c4)ccc2n3-c2cc(-c3ccncc3)cc(-n3c4ccc(-c5cc(C#N)cc(C#N)c5)cc4c4cc(-c5cc(C#N)cc(C#N)c5)ccc43)c2C#N)c1. The Bertz CT molecular complexity index is 4440. The van der Waals surface area contributed by atoms with Gasteiger partial charge in [-0.25, -0.2) is 0 Å². The summed E-state index contributed by atoms with van der Waals surface area (Å²) >= 11 is 0. The highest BCUT2D eigenvalue weighted by Crippen LogP contribution is 2.44. The van der Waals surface area contributed by atoms with E-state index in [2.05, 4.69) is 68.7 Å². The Kier molecular flexibility index (Phi) is 11.7. The van der Waals surface area contributed by atoms with Gasteiger partial charge in [-0.3, -0.25) is 4.98 Å². The summed E-state index contributed by atoms with van der Waals surface area (Å²) in [6, 6.07) is 71.4. The first-order valence-corrected chi connectivity index (χ1v) is 24.6. The van der Waals surface area contributed by atoms with Gasteiger partial charge >= 0.3 is 0 Å². The summed E-state index contributed by atoms with van der Waals surface area (Å²) in [5, 5.41) is 94.6. The van der Waals surface area contributed by atoms with E-state index in [-0.39, 0.29) is 0 Å². The minimum Gasteiger partial charge on any atom is -0.308 e. The fraction of sp³-hybridized carbons (Fsp3) is 0. The summed E-state index contributed by atoms with van der Waals surface area (Å²) < 4.78 is 4.11. The van der Waals surface area contributed by atoms with Crippen molar-refractivity contribution in [3.8, 4) is 122 Å². The van der Waals surface area contributed by atoms with Crippen molar-refractivity contribution in [2.75, 3.05) is 0 Å². The van der Waals surface area contributed by atoms with E-state index in [1.165, 1.54) is 24.3 Å². The lowest BCUT2D eigenvalue weighted by atomic mass is 9.97. The van der Waals surface area contributed by atoms with Crippen molar-refractivity contribution in [1.82, 2.24) is 14.1 Å². The van der Waals surface area contributed by atoms with Gasteiger partial charge in [-0.05, 0) is 201 Å². The van der Waals surface area contributed by atoms with E-state index in [4.69, 9.17) is 0 Å². The standard InChI is InChI=1S/C68H30N12/c69-31-40-13-41(32-70)18-53(17-40)49-1-5-63-58(25-49)59-26-50(54-19-42(33-71)14-43(20-54)34-72)2-6-64(59)79(63)67-29-57(48-9-11-78-12-10-48)30-68(62(67)39-77)80-65-7-3-51(55-21-44(35-73)15-45(22-55)36-74)27-60(65)61-28-52(4-8-66(61)80)56-23-46(37-75)16-47(24-56)38-76/h1-30H. The number of nitrogens with zero attached hydrogens (tertiary/aromatic N) is 12. The Labute approximate surface area is 456 Å². The molecule has 12 rings (SSSR count). The molecule has 3 aromatic heterocycles. The molecule has 3 heterocycles. The molecule has 0 amide bonds. The Balaban J connectivity index is 1.18. The number of fused-ring (bicyclic) bond motifs is 6. The molecule has 0 aliphatic carbocycles. The summed E-state index contributed by atoms with van der Waals surface area (Å²) in [5.74, 6) is 0. The maximum absolute atomic E-state index is 11.8. The van der Waals surface area contributed by atoms with Crippen LogP contribution in [-0.4, -0.2) is 14.1 Å². The average molecular weight is 1020 g/mol. The highest BCUT2D eigenvalue weighted by molar-refractivity contribution is 6.14. The predicted octanol–water partition coefficient (Wildman–Crippen LogP) is 14.5. The first kappa shape index (κ1) is 48.1. The third kappa shape index (κ3) is 8.17. The van der Waals surface area contributed by atoms with Crippen LogP contribution in [0.3, 0.4) is 0 Å². The van der Waals surface area contributed by atoms with E-state index in [0.717, 1.165) is 77.0 Å². The van der Waals surface area contributed by atoms with E-state index < -0.39 is 0 Å². The molecule has 0 N–H and O–H groups in total. The molecule has 12 aromatic rings. The smallest absolute Gasteiger partial charge is 0.104 e. The Morgan fingerprint density at radius 2 is 0.487 bits per heavy atom. The lowest BCUT2D eigenvalue weighted by Gasteiger charge is -2.18. The molecule has 0 saturated heterocycles. The molecule has 0 fully saturated rings. The van der Waals surface area contributed by atoms with Crippen LogP contribution >= 0.6 is 0 Å². The van der Waals surface area contributed by atoms with Gasteiger partial charge in [0, 0.05) is 33.9 Å². The molecule has 12 nitrogen and oxygen atoms in total. The van der Waals surface area contributed by atoms with Crippen molar-refractivity contribution >= 4 is 43.6 Å². The first-order valence-electron chi connectivity index (χ1n) is 24.6. The molecule has 9 aromatic carbocycles. The Morgan fingerprint density at radius 3 is 0.725 bits per heavy atom. The van der Waals surface area contributed by atoms with E-state index in [0.29, 0.717) is 83.7 Å². The largest absolute Gasteiger partial charge is 0.308 e. The van der Waals surface area contributed by atoms with Gasteiger partial charge in [-0.1, -0.05) is 24.3 Å². The second-order valence-corrected chi connectivity index (χ2v) is 18.9. The molecule has 80 heavy (non-hydrogen) atoms. The second-order valence-electron chi connectivity index (χ2n) is 18.9. The molecule has 0 aliphatic rings. The number of aromatic nitrogens is 3. The van der Waals surface area contributed by atoms with Gasteiger partial charge in [0.25, 0.3) is 0 Å². The number of rotatable bonds is 7. The van der Waals surface area contributed by atoms with Crippen molar-refractivity contribution in [3.63, 3.8) is 0 Å². The van der Waals surface area contributed by atoms with Crippen LogP contribution in [0.2, 0.25) is 0 Å². The molecule has 362 valence electrons. The van der Waals surface area contributed by atoms with Crippen molar-refractivity contribution in [2.45, 2.75) is 0 Å². The van der Waals surface area contributed by atoms with E-state index in [1.54, 1.807) is 60.9 Å². The Morgan fingerprint density at radius 1 is 0.237 bits per heavy atom. The monoisotopic (exact) mass is 1010 g/mol. The van der Waals surface area contributed by atoms with Gasteiger partial charge in [0.15, 0.2) is 0 Å². The fourth-order valence-electron chi connectivity index (χ4n) is 10.8. The molecule has 0 unspecified atom stereocenters. The number of hydrogen-bond acceptors (Lipinski definition) is 10. The highest BCUT2D eigenvalue weighted by Gasteiger charge is 2.25. The van der Waals surface area contributed by atoms with Gasteiger partial charge in [-0.15, -0.1) is 0 Å². The minimum atomic E-state index is 0.309. The number of pyridine rings is 1. The first-order chi connectivity index (χ1) is 39.2. The normalized spacial score (nSPS) is 10.6. The third-order valence-corrected chi connectivity index (χ3v) is 14.3. The van der Waals surface area contributed by atoms with Crippen molar-refractivity contribution in [2.24, 2.45) is 0 Å². The lowest BCUT2D eigenvalue weighted by Crippen LogP contribution is -2.05. The summed E-state index contributed by atoms with van der Waals surface area (Å²) in [6.07, 6.45) is 3.41. The van der Waals surface area contributed by atoms with Gasteiger partial charge in [0.1, 0.15) is 11.6 Å². The van der Waals surface area contributed by atoms with Gasteiger partial charge in [-0.2, -0.15) is 47.4 Å². The lowest BCUT2D eigenvalue weighted by molar-refractivity contribution is 1.12. The van der Waals surface area contributed by atoms with Gasteiger partial charge in [0.2, 0.25) is 0 Å². The van der Waals surface area contributed by atoms with Crippen molar-refractivity contribution < 1.29 is 0 Å². The summed E-state index contributed by atoms with van der Waals surface area (Å²) in [5.41, 5.74) is 14.0. The maximum Gasteiger partial charge on any atom is 0.104 e. The fourth-order valence-corrected chi connectivity index (χ4v) is 10.8. The van der Waals surface area contributed by atoms with Gasteiger partial charge < -0.3 is 9.13 Å². The van der Waals surface area contributed by atoms with Crippen LogP contribution in [0, 0.1) is 102 Å². The van der Waals surface area contributed by atoms with Crippen LogP contribution in [-0.2, 0) is 0 Å². The van der Waals surface area contributed by atoms with E-state index in [9.17, 15) is 47.4 Å². The van der Waals surface area contributed by atoms with Crippen LogP contribution in [0.4, 0.5) is 0 Å². The zero-order valence-electron chi connectivity index (χ0n) is 41.7. The highest BCUT2D eigenvalue weighted by atomic mass is 15.0. The van der Waals surface area contributed by atoms with E-state index in [1.807, 2.05) is 97.1 Å². The molecule has 0 bridgehead atoms. The molecule has 0 radical (unpaired) electrons. The van der Waals surface area contributed by atoms with Crippen LogP contribution < -0.4 is 0 Å². The topological polar surface area (TPSA) is 237 Å². The van der Waals surface area contributed by atoms with Crippen LogP contribution in [0.1, 0.15) is 50.1 Å². The van der Waals surface area contributed by atoms with Crippen molar-refractivity contribution in [3.05, 3.63) is 232 Å². The van der Waals surface area contributed by atoms with Crippen LogP contribution in [0.25, 0.3) is 111 Å². The zero-order valence-corrected chi connectivity index (χ0v) is 41.7. The average Bonchev–Trinajstić information content (AvgIpc) is 4.16. The zero-order chi connectivity index (χ0) is 55.2. The molecule has 0 atom stereocenters. The maximum atomic E-state index is 11.8. The second kappa shape index (κ2) is 19.4.